The van der Waals surface area contributed by atoms with Crippen molar-refractivity contribution in [2.45, 2.75) is 38.1 Å². The van der Waals surface area contributed by atoms with Crippen molar-refractivity contribution in [3.8, 4) is 0 Å². The molecule has 4 nitrogen and oxygen atoms in total. The molecule has 4 heteroatoms. The van der Waals surface area contributed by atoms with E-state index in [1.807, 2.05) is 0 Å². The van der Waals surface area contributed by atoms with Crippen molar-refractivity contribution in [2.24, 2.45) is 5.92 Å². The van der Waals surface area contributed by atoms with Gasteiger partial charge in [0.05, 0.1) is 0 Å². The van der Waals surface area contributed by atoms with Gasteiger partial charge in [-0.15, -0.1) is 0 Å². The van der Waals surface area contributed by atoms with E-state index in [0.29, 0.717) is 18.4 Å². The highest BCUT2D eigenvalue weighted by atomic mass is 16.1. The van der Waals surface area contributed by atoms with E-state index in [9.17, 15) is 4.79 Å². The fourth-order valence-electron chi connectivity index (χ4n) is 2.75. The molecule has 0 bridgehead atoms. The lowest BCUT2D eigenvalue weighted by molar-refractivity contribution is -0.121. The predicted molar refractivity (Wildman–Crippen MR) is 68.9 cm³/mol. The third kappa shape index (κ3) is 4.28. The quantitative estimate of drug-likeness (QED) is 0.754. The number of likely N-dealkylation sites (tertiary alicyclic amines) is 1. The van der Waals surface area contributed by atoms with Crippen molar-refractivity contribution in [1.29, 1.82) is 0 Å². The summed E-state index contributed by atoms with van der Waals surface area (Å²) in [5.41, 5.74) is 0. The van der Waals surface area contributed by atoms with Gasteiger partial charge in [0.25, 0.3) is 0 Å². The fourth-order valence-corrected chi connectivity index (χ4v) is 2.75. The maximum atomic E-state index is 11.7. The van der Waals surface area contributed by atoms with E-state index < -0.39 is 0 Å². The van der Waals surface area contributed by atoms with Gasteiger partial charge >= 0.3 is 0 Å². The number of amides is 1. The van der Waals surface area contributed by atoms with Crippen LogP contribution in [0.5, 0.6) is 0 Å². The van der Waals surface area contributed by atoms with Crippen molar-refractivity contribution in [2.75, 3.05) is 33.2 Å². The van der Waals surface area contributed by atoms with Crippen LogP contribution in [0.1, 0.15) is 32.1 Å². The van der Waals surface area contributed by atoms with E-state index in [4.69, 9.17) is 0 Å². The first-order valence-electron chi connectivity index (χ1n) is 6.92. The summed E-state index contributed by atoms with van der Waals surface area (Å²) in [6.45, 7) is 4.29. The van der Waals surface area contributed by atoms with Crippen LogP contribution in [0.4, 0.5) is 0 Å². The van der Waals surface area contributed by atoms with Crippen molar-refractivity contribution >= 4 is 5.91 Å². The third-order valence-electron chi connectivity index (χ3n) is 4.02. The molecule has 2 fully saturated rings. The Bertz CT molecular complexity index is 243. The second kappa shape index (κ2) is 6.36. The summed E-state index contributed by atoms with van der Waals surface area (Å²) in [6.07, 6.45) is 5.47. The summed E-state index contributed by atoms with van der Waals surface area (Å²) in [5.74, 6) is 0.912. The minimum atomic E-state index is 0.225. The van der Waals surface area contributed by atoms with E-state index in [2.05, 4.69) is 22.6 Å². The first kappa shape index (κ1) is 12.8. The lowest BCUT2D eigenvalue weighted by atomic mass is 9.97. The molecule has 0 radical (unpaired) electrons. The molecule has 1 unspecified atom stereocenters. The zero-order chi connectivity index (χ0) is 12.1. The summed E-state index contributed by atoms with van der Waals surface area (Å²) in [4.78, 5) is 14.1. The summed E-state index contributed by atoms with van der Waals surface area (Å²) in [5, 5.41) is 6.46. The smallest absolute Gasteiger partial charge is 0.221 e. The third-order valence-corrected chi connectivity index (χ3v) is 4.02. The number of hydrogen-bond acceptors (Lipinski definition) is 3. The average Bonchev–Trinajstić information content (AvgIpc) is 2.81. The van der Waals surface area contributed by atoms with Gasteiger partial charge < -0.3 is 15.5 Å². The Morgan fingerprint density at radius 2 is 2.12 bits per heavy atom. The highest BCUT2D eigenvalue weighted by Gasteiger charge is 2.20. The Balaban J connectivity index is 1.59. The van der Waals surface area contributed by atoms with Crippen molar-refractivity contribution in [3.63, 3.8) is 0 Å². The normalized spacial score (nSPS) is 27.2. The maximum absolute atomic E-state index is 11.7. The maximum Gasteiger partial charge on any atom is 0.221 e. The Kier molecular flexibility index (Phi) is 4.80. The van der Waals surface area contributed by atoms with E-state index in [-0.39, 0.29) is 5.91 Å². The fraction of sp³-hybridized carbons (Fsp3) is 0.923. The summed E-state index contributed by atoms with van der Waals surface area (Å²) in [7, 11) is 2.17. The van der Waals surface area contributed by atoms with Crippen LogP contribution in [0.3, 0.4) is 0 Å². The average molecular weight is 239 g/mol. The molecule has 98 valence electrons. The topological polar surface area (TPSA) is 44.4 Å². The van der Waals surface area contributed by atoms with Crippen LogP contribution in [0.2, 0.25) is 0 Å². The van der Waals surface area contributed by atoms with Crippen LogP contribution in [0.25, 0.3) is 0 Å². The molecule has 2 aliphatic heterocycles. The highest BCUT2D eigenvalue weighted by Crippen LogP contribution is 2.15. The molecule has 2 N–H and O–H groups in total. The molecular formula is C13H25N3O. The molecule has 0 aromatic rings. The standard InChI is InChI=1S/C13H25N3O/c1-16-7-4-11(5-8-16)10-15-13(17)9-12-3-2-6-14-12/h11-12,14H,2-10H2,1H3,(H,15,17). The summed E-state index contributed by atoms with van der Waals surface area (Å²) >= 11 is 0. The minimum Gasteiger partial charge on any atom is -0.356 e. The monoisotopic (exact) mass is 239 g/mol. The Labute approximate surface area is 104 Å². The molecule has 2 rings (SSSR count). The van der Waals surface area contributed by atoms with Gasteiger partial charge in [0, 0.05) is 19.0 Å². The van der Waals surface area contributed by atoms with Crippen LogP contribution in [-0.4, -0.2) is 50.1 Å². The minimum absolute atomic E-state index is 0.225. The molecule has 0 aromatic carbocycles. The molecule has 0 aromatic heterocycles. The number of nitrogens with one attached hydrogen (secondary N) is 2. The molecule has 2 saturated heterocycles. The molecule has 0 aliphatic carbocycles. The van der Waals surface area contributed by atoms with Crippen LogP contribution >= 0.6 is 0 Å². The Morgan fingerprint density at radius 3 is 2.76 bits per heavy atom. The van der Waals surface area contributed by atoms with Crippen molar-refractivity contribution in [3.05, 3.63) is 0 Å². The number of piperidine rings is 1. The lowest BCUT2D eigenvalue weighted by Crippen LogP contribution is -2.38. The molecule has 2 heterocycles. The largest absolute Gasteiger partial charge is 0.356 e. The van der Waals surface area contributed by atoms with Gasteiger partial charge in [-0.3, -0.25) is 4.79 Å². The van der Waals surface area contributed by atoms with E-state index in [1.54, 1.807) is 0 Å². The number of nitrogens with zero attached hydrogens (tertiary/aromatic N) is 1. The molecular weight excluding hydrogens is 214 g/mol. The van der Waals surface area contributed by atoms with Gasteiger partial charge in [-0.05, 0) is 58.3 Å². The predicted octanol–water partition coefficient (Wildman–Crippen LogP) is 0.587. The highest BCUT2D eigenvalue weighted by molar-refractivity contribution is 5.76. The second-order valence-electron chi connectivity index (χ2n) is 5.55. The van der Waals surface area contributed by atoms with E-state index in [0.717, 1.165) is 19.5 Å². The molecule has 2 aliphatic rings. The SMILES string of the molecule is CN1CCC(CNC(=O)CC2CCCN2)CC1. The molecule has 0 spiro atoms. The Hall–Kier alpha value is -0.610. The van der Waals surface area contributed by atoms with Crippen LogP contribution in [0.15, 0.2) is 0 Å². The van der Waals surface area contributed by atoms with Gasteiger partial charge in [0.2, 0.25) is 5.91 Å². The zero-order valence-corrected chi connectivity index (χ0v) is 10.9. The molecule has 0 saturated carbocycles. The zero-order valence-electron chi connectivity index (χ0n) is 10.9. The summed E-state index contributed by atoms with van der Waals surface area (Å²) in [6, 6.07) is 0.424. The lowest BCUT2D eigenvalue weighted by Gasteiger charge is -2.29. The van der Waals surface area contributed by atoms with E-state index >= 15 is 0 Å². The summed E-state index contributed by atoms with van der Waals surface area (Å²) < 4.78 is 0. The van der Waals surface area contributed by atoms with Gasteiger partial charge in [0.15, 0.2) is 0 Å². The van der Waals surface area contributed by atoms with E-state index in [1.165, 1.54) is 32.4 Å². The number of rotatable bonds is 4. The first-order valence-corrected chi connectivity index (χ1v) is 6.92. The van der Waals surface area contributed by atoms with Crippen molar-refractivity contribution in [1.82, 2.24) is 15.5 Å². The second-order valence-corrected chi connectivity index (χ2v) is 5.55. The van der Waals surface area contributed by atoms with Crippen LogP contribution in [-0.2, 0) is 4.79 Å². The van der Waals surface area contributed by atoms with Crippen LogP contribution in [0, 0.1) is 5.92 Å². The number of carbonyl (C=O) groups is 1. The number of hydrogen-bond donors (Lipinski definition) is 2. The van der Waals surface area contributed by atoms with Gasteiger partial charge in [0.1, 0.15) is 0 Å². The van der Waals surface area contributed by atoms with Gasteiger partial charge in [-0.25, -0.2) is 0 Å². The van der Waals surface area contributed by atoms with Crippen molar-refractivity contribution < 1.29 is 4.79 Å². The molecule has 17 heavy (non-hydrogen) atoms. The van der Waals surface area contributed by atoms with Crippen LogP contribution < -0.4 is 10.6 Å². The van der Waals surface area contributed by atoms with Gasteiger partial charge in [-0.2, -0.15) is 0 Å². The Morgan fingerprint density at radius 1 is 1.35 bits per heavy atom. The van der Waals surface area contributed by atoms with Gasteiger partial charge in [-0.1, -0.05) is 0 Å². The first-order chi connectivity index (χ1) is 8.24. The number of carbonyl (C=O) groups excluding carboxylic acids is 1. The molecule has 1 atom stereocenters. The molecule has 1 amide bonds.